The van der Waals surface area contributed by atoms with Crippen LogP contribution in [0.1, 0.15) is 127 Å². The summed E-state index contributed by atoms with van der Waals surface area (Å²) >= 11 is 0. The SMILES string of the molecule is CCCCCCCCCCCCCCCc1cccc(OCC)c1C1N=C(OCc2ccc(OC)cc2)NC(C)=C1C(=O)OC. The quantitative estimate of drug-likeness (QED) is 0.111. The maximum Gasteiger partial charge on any atom is 0.338 e. The zero-order valence-electron chi connectivity index (χ0n) is 28.4. The highest BCUT2D eigenvalue weighted by Gasteiger charge is 2.34. The summed E-state index contributed by atoms with van der Waals surface area (Å²) in [7, 11) is 3.05. The molecule has 2 aromatic rings. The summed E-state index contributed by atoms with van der Waals surface area (Å²) in [4.78, 5) is 18.0. The van der Waals surface area contributed by atoms with Gasteiger partial charge >= 0.3 is 5.97 Å². The van der Waals surface area contributed by atoms with Gasteiger partial charge in [0, 0.05) is 11.3 Å². The molecule has 0 spiro atoms. The highest BCUT2D eigenvalue weighted by Crippen LogP contribution is 2.39. The molecule has 45 heavy (non-hydrogen) atoms. The fourth-order valence-electron chi connectivity index (χ4n) is 5.91. The Hall–Kier alpha value is -3.48. The molecule has 1 unspecified atom stereocenters. The van der Waals surface area contributed by atoms with E-state index in [1.807, 2.05) is 50.2 Å². The van der Waals surface area contributed by atoms with Crippen molar-refractivity contribution in [3.63, 3.8) is 0 Å². The van der Waals surface area contributed by atoms with Crippen LogP contribution in [-0.4, -0.2) is 32.8 Å². The van der Waals surface area contributed by atoms with E-state index in [0.29, 0.717) is 30.5 Å². The van der Waals surface area contributed by atoms with Crippen molar-refractivity contribution in [2.75, 3.05) is 20.8 Å². The molecular formula is C38H56N2O5. The van der Waals surface area contributed by atoms with E-state index in [4.69, 9.17) is 23.9 Å². The fourth-order valence-corrected chi connectivity index (χ4v) is 5.91. The highest BCUT2D eigenvalue weighted by molar-refractivity contribution is 5.94. The molecule has 0 saturated carbocycles. The van der Waals surface area contributed by atoms with Crippen LogP contribution in [0.25, 0.3) is 0 Å². The van der Waals surface area contributed by atoms with Crippen LogP contribution in [0.2, 0.25) is 0 Å². The number of carbonyl (C=O) groups is 1. The number of rotatable bonds is 21. The molecule has 0 amide bonds. The number of benzene rings is 2. The number of esters is 1. The molecule has 0 fully saturated rings. The van der Waals surface area contributed by atoms with E-state index in [1.54, 1.807) is 7.11 Å². The monoisotopic (exact) mass is 620 g/mol. The minimum absolute atomic E-state index is 0.322. The molecule has 0 aliphatic carbocycles. The first-order valence-electron chi connectivity index (χ1n) is 17.2. The van der Waals surface area contributed by atoms with Crippen molar-refractivity contribution in [2.24, 2.45) is 4.99 Å². The summed E-state index contributed by atoms with van der Waals surface area (Å²) in [6.07, 6.45) is 18.0. The Labute approximate surface area is 271 Å². The van der Waals surface area contributed by atoms with Gasteiger partial charge in [-0.25, -0.2) is 9.79 Å². The van der Waals surface area contributed by atoms with Gasteiger partial charge in [0.15, 0.2) is 0 Å². The first kappa shape index (κ1) is 36.0. The smallest absolute Gasteiger partial charge is 0.338 e. The number of unbranched alkanes of at least 4 members (excludes halogenated alkanes) is 12. The molecule has 7 heteroatoms. The maximum absolute atomic E-state index is 13.1. The number of allylic oxidation sites excluding steroid dienone is 1. The van der Waals surface area contributed by atoms with Crippen molar-refractivity contribution in [2.45, 2.75) is 123 Å². The number of methoxy groups -OCH3 is 2. The number of aliphatic imine (C=N–C) groups is 1. The number of hydrogen-bond donors (Lipinski definition) is 1. The van der Waals surface area contributed by atoms with Crippen molar-refractivity contribution in [3.05, 3.63) is 70.4 Å². The molecule has 7 nitrogen and oxygen atoms in total. The predicted molar refractivity (Wildman–Crippen MR) is 183 cm³/mol. The Bertz CT molecular complexity index is 1220. The maximum atomic E-state index is 13.1. The van der Waals surface area contributed by atoms with Gasteiger partial charge in [0.25, 0.3) is 6.02 Å². The van der Waals surface area contributed by atoms with Gasteiger partial charge in [-0.05, 0) is 56.0 Å². The minimum Gasteiger partial charge on any atom is -0.497 e. The van der Waals surface area contributed by atoms with Crippen molar-refractivity contribution >= 4 is 12.0 Å². The van der Waals surface area contributed by atoms with Gasteiger partial charge in [-0.2, -0.15) is 0 Å². The van der Waals surface area contributed by atoms with Crippen molar-refractivity contribution in [3.8, 4) is 11.5 Å². The third kappa shape index (κ3) is 11.8. The lowest BCUT2D eigenvalue weighted by molar-refractivity contribution is -0.136. The van der Waals surface area contributed by atoms with E-state index in [-0.39, 0.29) is 0 Å². The lowest BCUT2D eigenvalue weighted by Gasteiger charge is -2.28. The third-order valence-electron chi connectivity index (χ3n) is 8.44. The van der Waals surface area contributed by atoms with Crippen LogP contribution in [0.15, 0.2) is 58.7 Å². The van der Waals surface area contributed by atoms with Crippen LogP contribution in [-0.2, 0) is 27.3 Å². The zero-order valence-corrected chi connectivity index (χ0v) is 28.4. The fraction of sp³-hybridized carbons (Fsp3) is 0.579. The number of aryl methyl sites for hydroxylation is 1. The van der Waals surface area contributed by atoms with E-state index < -0.39 is 12.0 Å². The normalized spacial score (nSPS) is 14.5. The van der Waals surface area contributed by atoms with Gasteiger partial charge in [0.1, 0.15) is 24.1 Å². The van der Waals surface area contributed by atoms with Gasteiger partial charge in [-0.1, -0.05) is 108 Å². The number of ether oxygens (including phenoxy) is 4. The molecule has 0 aromatic heterocycles. The molecule has 0 radical (unpaired) electrons. The molecule has 1 aliphatic rings. The Morgan fingerprint density at radius 3 is 2.00 bits per heavy atom. The topological polar surface area (TPSA) is 78.4 Å². The van der Waals surface area contributed by atoms with E-state index in [0.717, 1.165) is 41.0 Å². The Balaban J connectivity index is 1.66. The second-order valence-corrected chi connectivity index (χ2v) is 11.9. The number of amidine groups is 1. The number of carbonyl (C=O) groups excluding carboxylic acids is 1. The van der Waals surface area contributed by atoms with Crippen LogP contribution in [0, 0.1) is 0 Å². The first-order chi connectivity index (χ1) is 22.0. The molecule has 248 valence electrons. The molecule has 3 rings (SSSR count). The van der Waals surface area contributed by atoms with Crippen LogP contribution in [0.4, 0.5) is 0 Å². The lowest BCUT2D eigenvalue weighted by atomic mass is 9.89. The molecular weight excluding hydrogens is 564 g/mol. The standard InChI is InChI=1S/C38H56N2O5/c1-6-8-9-10-11-12-13-14-15-16-17-18-19-21-31-22-20-23-33(44-7-2)35(31)36-34(37(41)43-5)29(3)39-38(40-36)45-28-30-24-26-32(42-4)27-25-30/h20,22-27,36H,6-19,21,28H2,1-5H3,(H,39,40). The molecule has 1 heterocycles. The van der Waals surface area contributed by atoms with Gasteiger partial charge in [0.2, 0.25) is 0 Å². The van der Waals surface area contributed by atoms with Crippen LogP contribution in [0.3, 0.4) is 0 Å². The summed E-state index contributed by atoms with van der Waals surface area (Å²) in [5, 5.41) is 3.18. The lowest BCUT2D eigenvalue weighted by Crippen LogP contribution is -2.34. The molecule has 0 bridgehead atoms. The van der Waals surface area contributed by atoms with Crippen molar-refractivity contribution < 1.29 is 23.7 Å². The van der Waals surface area contributed by atoms with Gasteiger partial charge < -0.3 is 24.3 Å². The molecule has 1 atom stereocenters. The Morgan fingerprint density at radius 2 is 1.42 bits per heavy atom. The largest absolute Gasteiger partial charge is 0.497 e. The van der Waals surface area contributed by atoms with Crippen LogP contribution in [0.5, 0.6) is 11.5 Å². The van der Waals surface area contributed by atoms with E-state index in [9.17, 15) is 4.79 Å². The molecule has 0 saturated heterocycles. The summed E-state index contributed by atoms with van der Waals surface area (Å²) < 4.78 is 22.7. The number of hydrogen-bond acceptors (Lipinski definition) is 7. The summed E-state index contributed by atoms with van der Waals surface area (Å²) in [6, 6.07) is 13.6. The van der Waals surface area contributed by atoms with Gasteiger partial charge in [-0.15, -0.1) is 0 Å². The van der Waals surface area contributed by atoms with Gasteiger partial charge in [-0.3, -0.25) is 0 Å². The van der Waals surface area contributed by atoms with Crippen LogP contribution >= 0.6 is 0 Å². The Kier molecular flexibility index (Phi) is 16.4. The zero-order chi connectivity index (χ0) is 32.3. The second kappa shape index (κ2) is 20.5. The predicted octanol–water partition coefficient (Wildman–Crippen LogP) is 9.39. The molecule has 1 N–H and O–H groups in total. The number of nitrogens with one attached hydrogen (secondary N) is 1. The first-order valence-corrected chi connectivity index (χ1v) is 17.2. The number of nitrogens with zero attached hydrogens (tertiary/aromatic N) is 1. The van der Waals surface area contributed by atoms with E-state index >= 15 is 0 Å². The summed E-state index contributed by atoms with van der Waals surface area (Å²) in [5.41, 5.74) is 4.15. The van der Waals surface area contributed by atoms with E-state index in [1.165, 1.54) is 84.2 Å². The second-order valence-electron chi connectivity index (χ2n) is 11.9. The average molecular weight is 621 g/mol. The minimum atomic E-state index is -0.607. The highest BCUT2D eigenvalue weighted by atomic mass is 16.5. The average Bonchev–Trinajstić information content (AvgIpc) is 3.05. The van der Waals surface area contributed by atoms with E-state index in [2.05, 4.69) is 18.3 Å². The Morgan fingerprint density at radius 1 is 0.800 bits per heavy atom. The molecule has 2 aromatic carbocycles. The summed E-state index contributed by atoms with van der Waals surface area (Å²) in [5.74, 6) is 1.11. The third-order valence-corrected chi connectivity index (χ3v) is 8.44. The molecule has 1 aliphatic heterocycles. The van der Waals surface area contributed by atoms with Crippen molar-refractivity contribution in [1.29, 1.82) is 0 Å². The van der Waals surface area contributed by atoms with Crippen molar-refractivity contribution in [1.82, 2.24) is 5.32 Å². The van der Waals surface area contributed by atoms with Gasteiger partial charge in [0.05, 0.1) is 26.4 Å². The van der Waals surface area contributed by atoms with Crippen LogP contribution < -0.4 is 14.8 Å². The summed E-state index contributed by atoms with van der Waals surface area (Å²) in [6.45, 7) is 6.94.